The van der Waals surface area contributed by atoms with E-state index in [1.54, 1.807) is 6.92 Å². The smallest absolute Gasteiger partial charge is 0.151 e. The van der Waals surface area contributed by atoms with Crippen molar-refractivity contribution in [2.24, 2.45) is 5.92 Å². The molecule has 1 fully saturated rings. The molecule has 0 aromatic rings. The Bertz CT molecular complexity index is 114. The van der Waals surface area contributed by atoms with Crippen molar-refractivity contribution >= 4 is 6.29 Å². The van der Waals surface area contributed by atoms with Crippen LogP contribution in [0.3, 0.4) is 0 Å². The summed E-state index contributed by atoms with van der Waals surface area (Å²) >= 11 is 0. The molecule has 0 heterocycles. The van der Waals surface area contributed by atoms with Crippen molar-refractivity contribution in [3.8, 4) is 0 Å². The lowest BCUT2D eigenvalue weighted by atomic mass is 10.0. The van der Waals surface area contributed by atoms with Gasteiger partial charge in [-0.1, -0.05) is 12.8 Å². The molecule has 0 spiro atoms. The summed E-state index contributed by atoms with van der Waals surface area (Å²) in [5.41, 5.74) is -1.05. The summed E-state index contributed by atoms with van der Waals surface area (Å²) in [6.45, 7) is 1.57. The van der Waals surface area contributed by atoms with Crippen LogP contribution in [0.25, 0.3) is 0 Å². The zero-order valence-corrected chi connectivity index (χ0v) is 5.63. The van der Waals surface area contributed by atoms with Crippen LogP contribution < -0.4 is 0 Å². The molecule has 0 bridgehead atoms. The van der Waals surface area contributed by atoms with Gasteiger partial charge in [0.25, 0.3) is 0 Å². The fraction of sp³-hybridized carbons (Fsp3) is 0.857. The highest BCUT2D eigenvalue weighted by molar-refractivity contribution is 5.61. The predicted octanol–water partition coefficient (Wildman–Crippen LogP) is 0.736. The Morgan fingerprint density at radius 1 is 1.78 bits per heavy atom. The Labute approximate surface area is 54.9 Å². The summed E-state index contributed by atoms with van der Waals surface area (Å²) in [4.78, 5) is 10.1. The second kappa shape index (κ2) is 2.10. The number of carbonyl (C=O) groups excluding carboxylic acids is 1. The highest BCUT2D eigenvalue weighted by atomic mass is 16.3. The second-order valence-corrected chi connectivity index (χ2v) is 3.12. The third-order valence-electron chi connectivity index (χ3n) is 1.65. The molecule has 1 aliphatic rings. The van der Waals surface area contributed by atoms with Gasteiger partial charge in [-0.15, -0.1) is 0 Å². The first-order chi connectivity index (χ1) is 4.14. The molecule has 0 aromatic heterocycles. The molecule has 1 N–H and O–H groups in total. The second-order valence-electron chi connectivity index (χ2n) is 3.12. The molecule has 0 amide bonds. The number of aldehydes is 1. The van der Waals surface area contributed by atoms with Crippen LogP contribution in [0, 0.1) is 5.92 Å². The minimum atomic E-state index is -1.05. The Kier molecular flexibility index (Phi) is 1.58. The van der Waals surface area contributed by atoms with E-state index in [0.29, 0.717) is 18.6 Å². The number of carbonyl (C=O) groups is 1. The van der Waals surface area contributed by atoms with Crippen LogP contribution in [-0.2, 0) is 4.79 Å². The Morgan fingerprint density at radius 2 is 2.33 bits per heavy atom. The molecular formula is C7H12O2. The molecule has 0 saturated heterocycles. The number of aliphatic hydroxyl groups is 1. The minimum absolute atomic E-state index is 0.616. The standard InChI is InChI=1S/C7H12O2/c1-7(9,5-8)4-6-2-3-6/h5-6,9H,2-4H2,1H3. The van der Waals surface area contributed by atoms with E-state index in [1.807, 2.05) is 0 Å². The van der Waals surface area contributed by atoms with E-state index in [2.05, 4.69) is 0 Å². The van der Waals surface area contributed by atoms with E-state index >= 15 is 0 Å². The molecule has 9 heavy (non-hydrogen) atoms. The normalized spacial score (nSPS) is 25.1. The van der Waals surface area contributed by atoms with E-state index in [0.717, 1.165) is 0 Å². The van der Waals surface area contributed by atoms with Gasteiger partial charge < -0.3 is 9.90 Å². The predicted molar refractivity (Wildman–Crippen MR) is 34.0 cm³/mol. The van der Waals surface area contributed by atoms with Crippen LogP contribution in [0.15, 0.2) is 0 Å². The number of hydrogen-bond acceptors (Lipinski definition) is 2. The van der Waals surface area contributed by atoms with Gasteiger partial charge in [-0.3, -0.25) is 0 Å². The fourth-order valence-corrected chi connectivity index (χ4v) is 0.955. The third kappa shape index (κ3) is 2.14. The maximum Gasteiger partial charge on any atom is 0.151 e. The third-order valence-corrected chi connectivity index (χ3v) is 1.65. The summed E-state index contributed by atoms with van der Waals surface area (Å²) < 4.78 is 0. The molecule has 0 radical (unpaired) electrons. The highest BCUT2D eigenvalue weighted by Gasteiger charge is 2.30. The van der Waals surface area contributed by atoms with Gasteiger partial charge in [0.15, 0.2) is 6.29 Å². The summed E-state index contributed by atoms with van der Waals surface area (Å²) in [6, 6.07) is 0. The zero-order valence-electron chi connectivity index (χ0n) is 5.63. The highest BCUT2D eigenvalue weighted by Crippen LogP contribution is 2.35. The SMILES string of the molecule is CC(O)(C=O)CC1CC1. The van der Waals surface area contributed by atoms with Gasteiger partial charge in [0.1, 0.15) is 5.60 Å². The first-order valence-corrected chi connectivity index (χ1v) is 3.33. The van der Waals surface area contributed by atoms with E-state index in [1.165, 1.54) is 12.8 Å². The van der Waals surface area contributed by atoms with Gasteiger partial charge in [0.2, 0.25) is 0 Å². The maximum atomic E-state index is 10.1. The summed E-state index contributed by atoms with van der Waals surface area (Å²) in [5.74, 6) is 0.616. The first kappa shape index (κ1) is 6.75. The molecule has 0 aliphatic heterocycles. The Balaban J connectivity index is 2.29. The largest absolute Gasteiger partial charge is 0.383 e. The maximum absolute atomic E-state index is 10.1. The van der Waals surface area contributed by atoms with Crippen molar-refractivity contribution in [1.29, 1.82) is 0 Å². The van der Waals surface area contributed by atoms with Crippen molar-refractivity contribution < 1.29 is 9.90 Å². The molecule has 0 aromatic carbocycles. The van der Waals surface area contributed by atoms with Crippen LogP contribution in [0.1, 0.15) is 26.2 Å². The van der Waals surface area contributed by atoms with Gasteiger partial charge in [0, 0.05) is 0 Å². The van der Waals surface area contributed by atoms with Crippen LogP contribution in [0.2, 0.25) is 0 Å². The molecule has 1 saturated carbocycles. The van der Waals surface area contributed by atoms with Crippen molar-refractivity contribution in [2.45, 2.75) is 31.8 Å². The molecular weight excluding hydrogens is 116 g/mol. The number of hydrogen-bond donors (Lipinski definition) is 1. The van der Waals surface area contributed by atoms with Gasteiger partial charge in [-0.25, -0.2) is 0 Å². The molecule has 2 nitrogen and oxygen atoms in total. The average Bonchev–Trinajstić information content (AvgIpc) is 2.50. The minimum Gasteiger partial charge on any atom is -0.383 e. The Morgan fingerprint density at radius 3 is 2.67 bits per heavy atom. The van der Waals surface area contributed by atoms with Crippen LogP contribution in [0.5, 0.6) is 0 Å². The van der Waals surface area contributed by atoms with Crippen LogP contribution >= 0.6 is 0 Å². The lowest BCUT2D eigenvalue weighted by Gasteiger charge is -2.13. The topological polar surface area (TPSA) is 37.3 Å². The van der Waals surface area contributed by atoms with Gasteiger partial charge >= 0.3 is 0 Å². The molecule has 1 rings (SSSR count). The molecule has 1 atom stereocenters. The monoisotopic (exact) mass is 128 g/mol. The van der Waals surface area contributed by atoms with E-state index in [9.17, 15) is 4.79 Å². The lowest BCUT2D eigenvalue weighted by Crippen LogP contribution is -2.26. The van der Waals surface area contributed by atoms with Crippen molar-refractivity contribution in [1.82, 2.24) is 0 Å². The summed E-state index contributed by atoms with van der Waals surface area (Å²) in [5, 5.41) is 9.17. The fourth-order valence-electron chi connectivity index (χ4n) is 0.955. The van der Waals surface area contributed by atoms with Gasteiger partial charge in [-0.2, -0.15) is 0 Å². The summed E-state index contributed by atoms with van der Waals surface area (Å²) in [6.07, 6.45) is 3.65. The molecule has 1 aliphatic carbocycles. The number of rotatable bonds is 3. The Hall–Kier alpha value is -0.370. The van der Waals surface area contributed by atoms with E-state index in [-0.39, 0.29) is 0 Å². The first-order valence-electron chi connectivity index (χ1n) is 3.33. The van der Waals surface area contributed by atoms with Crippen molar-refractivity contribution in [3.05, 3.63) is 0 Å². The van der Waals surface area contributed by atoms with Crippen molar-refractivity contribution in [2.75, 3.05) is 0 Å². The lowest BCUT2D eigenvalue weighted by molar-refractivity contribution is -0.123. The van der Waals surface area contributed by atoms with Gasteiger partial charge in [0.05, 0.1) is 0 Å². The van der Waals surface area contributed by atoms with E-state index < -0.39 is 5.60 Å². The molecule has 1 unspecified atom stereocenters. The van der Waals surface area contributed by atoms with Crippen molar-refractivity contribution in [3.63, 3.8) is 0 Å². The van der Waals surface area contributed by atoms with E-state index in [4.69, 9.17) is 5.11 Å². The van der Waals surface area contributed by atoms with Gasteiger partial charge in [-0.05, 0) is 19.3 Å². The quantitative estimate of drug-likeness (QED) is 0.569. The average molecular weight is 128 g/mol. The van der Waals surface area contributed by atoms with Crippen LogP contribution in [-0.4, -0.2) is 17.0 Å². The molecule has 52 valence electrons. The zero-order chi connectivity index (χ0) is 6.91. The molecule has 2 heteroatoms. The van der Waals surface area contributed by atoms with Crippen LogP contribution in [0.4, 0.5) is 0 Å². The summed E-state index contributed by atoms with van der Waals surface area (Å²) in [7, 11) is 0.